The molecule has 1 saturated heterocycles. The molecule has 1 aromatic carbocycles. The summed E-state index contributed by atoms with van der Waals surface area (Å²) in [4.78, 5) is 13.9. The van der Waals surface area contributed by atoms with Gasteiger partial charge in [0.05, 0.1) is 25.6 Å². The van der Waals surface area contributed by atoms with Crippen LogP contribution in [0.15, 0.2) is 18.2 Å². The van der Waals surface area contributed by atoms with E-state index in [9.17, 15) is 13.2 Å². The van der Waals surface area contributed by atoms with Crippen LogP contribution in [0.4, 0.5) is 5.69 Å². The lowest BCUT2D eigenvalue weighted by atomic mass is 10.3. The molecule has 0 atom stereocenters. The van der Waals surface area contributed by atoms with Gasteiger partial charge in [0.1, 0.15) is 5.75 Å². The molecule has 0 unspecified atom stereocenters. The molecule has 0 aromatic heterocycles. The van der Waals surface area contributed by atoms with Crippen molar-refractivity contribution in [2.24, 2.45) is 0 Å². The molecule has 1 aliphatic heterocycles. The Labute approximate surface area is 141 Å². The zero-order valence-electron chi connectivity index (χ0n) is 13.1. The zero-order valence-corrected chi connectivity index (χ0v) is 14.7. The third kappa shape index (κ3) is 4.73. The minimum absolute atomic E-state index is 0.0928. The van der Waals surface area contributed by atoms with Gasteiger partial charge < -0.3 is 15.0 Å². The summed E-state index contributed by atoms with van der Waals surface area (Å²) >= 11 is 5.94. The normalized spacial score (nSPS) is 16.2. The van der Waals surface area contributed by atoms with Crippen LogP contribution < -0.4 is 10.1 Å². The lowest BCUT2D eigenvalue weighted by Gasteiger charge is -2.33. The fraction of sp³-hybridized carbons (Fsp3) is 0.500. The van der Waals surface area contributed by atoms with Crippen LogP contribution in [0.1, 0.15) is 0 Å². The Kier molecular flexibility index (Phi) is 5.72. The molecule has 23 heavy (non-hydrogen) atoms. The van der Waals surface area contributed by atoms with Crippen molar-refractivity contribution in [2.45, 2.75) is 0 Å². The number of hydrogen-bond donors (Lipinski definition) is 1. The molecule has 2 rings (SSSR count). The van der Waals surface area contributed by atoms with Crippen LogP contribution in [0, 0.1) is 0 Å². The van der Waals surface area contributed by atoms with Crippen molar-refractivity contribution < 1.29 is 17.9 Å². The molecule has 1 amide bonds. The van der Waals surface area contributed by atoms with Gasteiger partial charge in [-0.2, -0.15) is 4.31 Å². The highest BCUT2D eigenvalue weighted by Crippen LogP contribution is 2.27. The molecular weight excluding hydrogens is 342 g/mol. The number of anilines is 1. The summed E-state index contributed by atoms with van der Waals surface area (Å²) in [5.74, 6) is 0.504. The van der Waals surface area contributed by atoms with E-state index >= 15 is 0 Å². The summed E-state index contributed by atoms with van der Waals surface area (Å²) in [7, 11) is -1.65. The first-order valence-electron chi connectivity index (χ1n) is 7.11. The molecule has 0 saturated carbocycles. The van der Waals surface area contributed by atoms with Crippen molar-refractivity contribution in [1.82, 2.24) is 9.21 Å². The number of sulfonamides is 1. The van der Waals surface area contributed by atoms with E-state index in [1.807, 2.05) is 0 Å². The minimum atomic E-state index is -3.20. The molecule has 7 nitrogen and oxygen atoms in total. The maximum atomic E-state index is 12.2. The Morgan fingerprint density at radius 1 is 1.30 bits per heavy atom. The van der Waals surface area contributed by atoms with Gasteiger partial charge in [-0.3, -0.25) is 4.79 Å². The molecule has 0 bridgehead atoms. The molecule has 0 spiro atoms. The van der Waals surface area contributed by atoms with Crippen molar-refractivity contribution in [3.63, 3.8) is 0 Å². The number of carbonyl (C=O) groups excluding carboxylic acids is 1. The van der Waals surface area contributed by atoms with E-state index in [1.165, 1.54) is 10.6 Å². The monoisotopic (exact) mass is 361 g/mol. The number of hydrogen-bond acceptors (Lipinski definition) is 5. The molecular formula is C14H20ClN3O4S. The number of nitrogens with zero attached hydrogens (tertiary/aromatic N) is 2. The van der Waals surface area contributed by atoms with Crippen LogP contribution in [0.5, 0.6) is 5.75 Å². The SMILES string of the molecule is COc1ccc(Cl)cc1NCC(=O)N1CCN(S(C)(=O)=O)CC1. The topological polar surface area (TPSA) is 79.0 Å². The number of benzene rings is 1. The van der Waals surface area contributed by atoms with Gasteiger partial charge in [-0.25, -0.2) is 8.42 Å². The van der Waals surface area contributed by atoms with Crippen molar-refractivity contribution >= 4 is 33.2 Å². The molecule has 1 aliphatic rings. The van der Waals surface area contributed by atoms with Crippen LogP contribution in [0.2, 0.25) is 5.02 Å². The number of methoxy groups -OCH3 is 1. The third-order valence-corrected chi connectivity index (χ3v) is 5.19. The Balaban J connectivity index is 1.90. The van der Waals surface area contributed by atoms with Gasteiger partial charge >= 0.3 is 0 Å². The van der Waals surface area contributed by atoms with Gasteiger partial charge in [0.2, 0.25) is 15.9 Å². The van der Waals surface area contributed by atoms with E-state index in [4.69, 9.17) is 16.3 Å². The van der Waals surface area contributed by atoms with Crippen LogP contribution in [-0.4, -0.2) is 69.6 Å². The molecule has 1 fully saturated rings. The quantitative estimate of drug-likeness (QED) is 0.841. The average Bonchev–Trinajstić information content (AvgIpc) is 2.52. The van der Waals surface area contributed by atoms with Crippen molar-refractivity contribution in [3.8, 4) is 5.75 Å². The van der Waals surface area contributed by atoms with Gasteiger partial charge in [0, 0.05) is 31.2 Å². The van der Waals surface area contributed by atoms with Gasteiger partial charge in [-0.15, -0.1) is 0 Å². The second kappa shape index (κ2) is 7.37. The second-order valence-corrected chi connectivity index (χ2v) is 7.66. The van der Waals surface area contributed by atoms with Gasteiger partial charge in [-0.1, -0.05) is 11.6 Å². The summed E-state index contributed by atoms with van der Waals surface area (Å²) in [6.45, 7) is 1.52. The number of rotatable bonds is 5. The molecule has 1 N–H and O–H groups in total. The highest BCUT2D eigenvalue weighted by Gasteiger charge is 2.25. The summed E-state index contributed by atoms with van der Waals surface area (Å²) in [6.07, 6.45) is 1.18. The van der Waals surface area contributed by atoms with Crippen LogP contribution in [-0.2, 0) is 14.8 Å². The van der Waals surface area contributed by atoms with Crippen LogP contribution in [0.25, 0.3) is 0 Å². The summed E-state index contributed by atoms with van der Waals surface area (Å²) in [5.41, 5.74) is 0.642. The Hall–Kier alpha value is -1.51. The molecule has 1 aromatic rings. The van der Waals surface area contributed by atoms with Crippen molar-refractivity contribution in [3.05, 3.63) is 23.2 Å². The summed E-state index contributed by atoms with van der Waals surface area (Å²) in [5, 5.41) is 3.56. The first kappa shape index (κ1) is 17.8. The Bertz CT molecular complexity index is 673. The molecule has 1 heterocycles. The second-order valence-electron chi connectivity index (χ2n) is 5.24. The zero-order chi connectivity index (χ0) is 17.0. The number of carbonyl (C=O) groups is 1. The van der Waals surface area contributed by atoms with Gasteiger partial charge in [-0.05, 0) is 18.2 Å². The number of nitrogens with one attached hydrogen (secondary N) is 1. The maximum absolute atomic E-state index is 12.2. The van der Waals surface area contributed by atoms with E-state index in [-0.39, 0.29) is 12.5 Å². The first-order chi connectivity index (χ1) is 10.8. The van der Waals surface area contributed by atoms with E-state index in [0.717, 1.165) is 0 Å². The highest BCUT2D eigenvalue weighted by molar-refractivity contribution is 7.88. The van der Waals surface area contributed by atoms with Crippen LogP contribution in [0.3, 0.4) is 0 Å². The van der Waals surface area contributed by atoms with Gasteiger partial charge in [0.25, 0.3) is 0 Å². The minimum Gasteiger partial charge on any atom is -0.495 e. The number of piperazine rings is 1. The van der Waals surface area contributed by atoms with E-state index in [1.54, 1.807) is 30.2 Å². The number of ether oxygens (including phenoxy) is 1. The fourth-order valence-electron chi connectivity index (χ4n) is 2.37. The molecule has 0 aliphatic carbocycles. The Morgan fingerprint density at radius 3 is 2.52 bits per heavy atom. The van der Waals surface area contributed by atoms with Crippen molar-refractivity contribution in [1.29, 1.82) is 0 Å². The van der Waals surface area contributed by atoms with E-state index < -0.39 is 10.0 Å². The number of amides is 1. The number of halogens is 1. The van der Waals surface area contributed by atoms with E-state index in [2.05, 4.69) is 5.32 Å². The molecule has 9 heteroatoms. The molecule has 0 radical (unpaired) electrons. The summed E-state index contributed by atoms with van der Waals surface area (Å²) in [6, 6.07) is 5.12. The standard InChI is InChI=1S/C14H20ClN3O4S/c1-22-13-4-3-11(15)9-12(13)16-10-14(19)17-5-7-18(8-6-17)23(2,20)21/h3-4,9,16H,5-8,10H2,1-2H3. The van der Waals surface area contributed by atoms with E-state index in [0.29, 0.717) is 42.6 Å². The van der Waals surface area contributed by atoms with Crippen LogP contribution >= 0.6 is 11.6 Å². The smallest absolute Gasteiger partial charge is 0.241 e. The maximum Gasteiger partial charge on any atom is 0.241 e. The van der Waals surface area contributed by atoms with Crippen molar-refractivity contribution in [2.75, 3.05) is 51.4 Å². The highest BCUT2D eigenvalue weighted by atomic mass is 35.5. The largest absolute Gasteiger partial charge is 0.495 e. The first-order valence-corrected chi connectivity index (χ1v) is 9.34. The molecule has 128 valence electrons. The Morgan fingerprint density at radius 2 is 1.96 bits per heavy atom. The van der Waals surface area contributed by atoms with Gasteiger partial charge in [0.15, 0.2) is 0 Å². The lowest BCUT2D eigenvalue weighted by molar-refractivity contribution is -0.130. The predicted molar refractivity (Wildman–Crippen MR) is 89.5 cm³/mol. The predicted octanol–water partition coefficient (Wildman–Crippen LogP) is 0.864. The lowest BCUT2D eigenvalue weighted by Crippen LogP contribution is -2.51. The third-order valence-electron chi connectivity index (χ3n) is 3.65. The average molecular weight is 362 g/mol. The summed E-state index contributed by atoms with van der Waals surface area (Å²) < 4.78 is 29.5. The fourth-order valence-corrected chi connectivity index (χ4v) is 3.37.